The van der Waals surface area contributed by atoms with E-state index in [1.54, 1.807) is 14.2 Å². The fraction of sp³-hybridized carbons (Fsp3) is 0.133. The zero-order valence-electron chi connectivity index (χ0n) is 10.0. The third kappa shape index (κ3) is 2.59. The quantitative estimate of drug-likeness (QED) is 0.797. The molecule has 0 heterocycles. The first kappa shape index (κ1) is 11.5. The normalized spacial score (nSPS) is 10.0. The van der Waals surface area contributed by atoms with Crippen molar-refractivity contribution in [3.8, 4) is 11.5 Å². The van der Waals surface area contributed by atoms with Crippen LogP contribution in [0.25, 0.3) is 0 Å². The van der Waals surface area contributed by atoms with Crippen molar-refractivity contribution in [1.82, 2.24) is 0 Å². The molecule has 0 unspecified atom stereocenters. The first-order valence-electron chi connectivity index (χ1n) is 5.46. The highest BCUT2D eigenvalue weighted by Gasteiger charge is 2.07. The predicted octanol–water partition coefficient (Wildman–Crippen LogP) is 3.30. The highest BCUT2D eigenvalue weighted by Crippen LogP contribution is 2.27. The minimum Gasteiger partial charge on any atom is -0.496 e. The molecule has 0 N–H and O–H groups in total. The van der Waals surface area contributed by atoms with Gasteiger partial charge < -0.3 is 9.47 Å². The van der Waals surface area contributed by atoms with E-state index in [9.17, 15) is 0 Å². The van der Waals surface area contributed by atoms with Crippen LogP contribution in [0.15, 0.2) is 48.5 Å². The van der Waals surface area contributed by atoms with Crippen LogP contribution in [0.3, 0.4) is 0 Å². The monoisotopic (exact) mass is 227 g/mol. The molecule has 1 radical (unpaired) electrons. The molecule has 2 nitrogen and oxygen atoms in total. The molecule has 2 aromatic rings. The van der Waals surface area contributed by atoms with Crippen molar-refractivity contribution >= 4 is 0 Å². The summed E-state index contributed by atoms with van der Waals surface area (Å²) < 4.78 is 10.6. The van der Waals surface area contributed by atoms with Crippen molar-refractivity contribution in [1.29, 1.82) is 0 Å². The van der Waals surface area contributed by atoms with Gasteiger partial charge in [0.25, 0.3) is 0 Å². The molecular formula is C15H15O2. The van der Waals surface area contributed by atoms with E-state index in [0.29, 0.717) is 0 Å². The van der Waals surface area contributed by atoms with Crippen LogP contribution >= 0.6 is 0 Å². The lowest BCUT2D eigenvalue weighted by Gasteiger charge is -2.10. The molecule has 0 fully saturated rings. The van der Waals surface area contributed by atoms with E-state index in [0.717, 1.165) is 22.6 Å². The van der Waals surface area contributed by atoms with Crippen molar-refractivity contribution in [3.05, 3.63) is 66.1 Å². The fourth-order valence-corrected chi connectivity index (χ4v) is 1.74. The highest BCUT2D eigenvalue weighted by molar-refractivity contribution is 5.50. The first-order valence-corrected chi connectivity index (χ1v) is 5.46. The van der Waals surface area contributed by atoms with E-state index >= 15 is 0 Å². The topological polar surface area (TPSA) is 18.5 Å². The number of benzene rings is 2. The predicted molar refractivity (Wildman–Crippen MR) is 68.5 cm³/mol. The van der Waals surface area contributed by atoms with Crippen molar-refractivity contribution in [2.75, 3.05) is 14.2 Å². The number of hydrogen-bond donors (Lipinski definition) is 0. The molecule has 2 heteroatoms. The molecule has 0 aliphatic rings. The molecule has 0 amide bonds. The third-order valence-electron chi connectivity index (χ3n) is 2.59. The van der Waals surface area contributed by atoms with Gasteiger partial charge in [-0.1, -0.05) is 36.4 Å². The average molecular weight is 227 g/mol. The third-order valence-corrected chi connectivity index (χ3v) is 2.59. The zero-order chi connectivity index (χ0) is 12.1. The van der Waals surface area contributed by atoms with Gasteiger partial charge in [-0.25, -0.2) is 0 Å². The molecule has 0 saturated carbocycles. The molecule has 0 atom stereocenters. The summed E-state index contributed by atoms with van der Waals surface area (Å²) >= 11 is 0. The van der Waals surface area contributed by atoms with Gasteiger partial charge in [0.1, 0.15) is 11.5 Å². The Kier molecular flexibility index (Phi) is 3.66. The molecule has 0 bridgehead atoms. The Morgan fingerprint density at radius 1 is 0.706 bits per heavy atom. The van der Waals surface area contributed by atoms with Crippen molar-refractivity contribution < 1.29 is 9.47 Å². The van der Waals surface area contributed by atoms with E-state index in [4.69, 9.17) is 9.47 Å². The van der Waals surface area contributed by atoms with Gasteiger partial charge in [0.15, 0.2) is 0 Å². The van der Waals surface area contributed by atoms with Crippen LogP contribution in [0, 0.1) is 6.42 Å². The second-order valence-electron chi connectivity index (χ2n) is 3.63. The first-order chi connectivity index (χ1) is 8.35. The molecule has 17 heavy (non-hydrogen) atoms. The van der Waals surface area contributed by atoms with Gasteiger partial charge in [-0.2, -0.15) is 0 Å². The Labute approximate surface area is 102 Å². The Balaban J connectivity index is 2.31. The second kappa shape index (κ2) is 5.39. The van der Waals surface area contributed by atoms with Gasteiger partial charge in [-0.3, -0.25) is 0 Å². The molecule has 0 aromatic heterocycles. The van der Waals surface area contributed by atoms with Crippen LogP contribution in [-0.4, -0.2) is 14.2 Å². The Morgan fingerprint density at radius 3 is 1.53 bits per heavy atom. The maximum atomic E-state index is 5.32. The largest absolute Gasteiger partial charge is 0.496 e. The molecule has 2 aromatic carbocycles. The van der Waals surface area contributed by atoms with E-state index in [2.05, 4.69) is 6.42 Å². The van der Waals surface area contributed by atoms with Gasteiger partial charge in [-0.15, -0.1) is 0 Å². The van der Waals surface area contributed by atoms with Gasteiger partial charge >= 0.3 is 0 Å². The van der Waals surface area contributed by atoms with Crippen molar-refractivity contribution in [2.45, 2.75) is 0 Å². The summed E-state index contributed by atoms with van der Waals surface area (Å²) in [4.78, 5) is 0. The van der Waals surface area contributed by atoms with Gasteiger partial charge in [-0.05, 0) is 12.1 Å². The Hall–Kier alpha value is -1.96. The van der Waals surface area contributed by atoms with Crippen molar-refractivity contribution in [2.24, 2.45) is 0 Å². The van der Waals surface area contributed by atoms with Crippen LogP contribution < -0.4 is 9.47 Å². The Bertz CT molecular complexity index is 446. The molecule has 0 aliphatic heterocycles. The Morgan fingerprint density at radius 2 is 1.12 bits per heavy atom. The number of hydrogen-bond acceptors (Lipinski definition) is 2. The van der Waals surface area contributed by atoms with Gasteiger partial charge in [0, 0.05) is 17.5 Å². The summed E-state index contributed by atoms with van der Waals surface area (Å²) in [6, 6.07) is 15.8. The summed E-state index contributed by atoms with van der Waals surface area (Å²) in [5.41, 5.74) is 2.08. The number of methoxy groups -OCH3 is 2. The summed E-state index contributed by atoms with van der Waals surface area (Å²) in [6.07, 6.45) is 2.05. The fourth-order valence-electron chi connectivity index (χ4n) is 1.74. The molecule has 0 aliphatic carbocycles. The molecular weight excluding hydrogens is 212 g/mol. The molecule has 0 saturated heterocycles. The number of ether oxygens (including phenoxy) is 2. The van der Waals surface area contributed by atoms with E-state index < -0.39 is 0 Å². The van der Waals surface area contributed by atoms with E-state index in [-0.39, 0.29) is 0 Å². The maximum Gasteiger partial charge on any atom is 0.122 e. The lowest BCUT2D eigenvalue weighted by atomic mass is 10.0. The maximum absolute atomic E-state index is 5.32. The highest BCUT2D eigenvalue weighted by atomic mass is 16.5. The summed E-state index contributed by atoms with van der Waals surface area (Å²) in [7, 11) is 3.35. The minimum atomic E-state index is 0.860. The van der Waals surface area contributed by atoms with Crippen LogP contribution in [0.4, 0.5) is 0 Å². The summed E-state index contributed by atoms with van der Waals surface area (Å²) in [6.45, 7) is 0. The lowest BCUT2D eigenvalue weighted by Crippen LogP contribution is -1.94. The van der Waals surface area contributed by atoms with Crippen LogP contribution in [0.5, 0.6) is 11.5 Å². The zero-order valence-corrected chi connectivity index (χ0v) is 10.0. The average Bonchev–Trinajstić information content (AvgIpc) is 2.40. The second-order valence-corrected chi connectivity index (χ2v) is 3.63. The minimum absolute atomic E-state index is 0.860. The SMILES string of the molecule is COc1ccccc1[CH]c1ccccc1OC. The van der Waals surface area contributed by atoms with Crippen molar-refractivity contribution in [3.63, 3.8) is 0 Å². The number of rotatable bonds is 4. The van der Waals surface area contributed by atoms with E-state index in [1.807, 2.05) is 48.5 Å². The summed E-state index contributed by atoms with van der Waals surface area (Å²) in [5, 5.41) is 0. The summed E-state index contributed by atoms with van der Waals surface area (Å²) in [5.74, 6) is 1.72. The molecule has 2 rings (SSSR count). The van der Waals surface area contributed by atoms with Gasteiger partial charge in [0.05, 0.1) is 14.2 Å². The smallest absolute Gasteiger partial charge is 0.122 e. The van der Waals surface area contributed by atoms with Crippen LogP contribution in [0.1, 0.15) is 11.1 Å². The van der Waals surface area contributed by atoms with Crippen LogP contribution in [-0.2, 0) is 0 Å². The number of para-hydroxylation sites is 2. The lowest BCUT2D eigenvalue weighted by molar-refractivity contribution is 0.409. The standard InChI is InChI=1S/C15H15O2/c1-16-14-9-5-3-7-12(14)11-13-8-4-6-10-15(13)17-2/h3-11H,1-2H3. The van der Waals surface area contributed by atoms with Crippen LogP contribution in [0.2, 0.25) is 0 Å². The molecule has 0 spiro atoms. The molecule has 87 valence electrons. The van der Waals surface area contributed by atoms with Gasteiger partial charge in [0.2, 0.25) is 0 Å². The van der Waals surface area contributed by atoms with E-state index in [1.165, 1.54) is 0 Å².